The third-order valence-electron chi connectivity index (χ3n) is 5.12. The summed E-state index contributed by atoms with van der Waals surface area (Å²) >= 11 is 1.76. The summed E-state index contributed by atoms with van der Waals surface area (Å²) in [6.07, 6.45) is 24.4. The summed E-state index contributed by atoms with van der Waals surface area (Å²) in [6.45, 7) is 5.32. The Kier molecular flexibility index (Phi) is 22.9. The van der Waals surface area contributed by atoms with Gasteiger partial charge >= 0.3 is 0 Å². The first kappa shape index (κ1) is 27.3. The molecule has 0 aliphatic heterocycles. The molecule has 4 heteroatoms. The Morgan fingerprint density at radius 1 is 0.667 bits per heavy atom. The van der Waals surface area contributed by atoms with Crippen molar-refractivity contribution in [2.24, 2.45) is 0 Å². The number of ether oxygens (including phenoxy) is 1. The van der Waals surface area contributed by atoms with Gasteiger partial charge in [0.1, 0.15) is 6.54 Å². The summed E-state index contributed by atoms with van der Waals surface area (Å²) in [6, 6.07) is 0. The number of aryl methyl sites for hydroxylation is 1. The molecule has 160 valence electrons. The van der Waals surface area contributed by atoms with Crippen molar-refractivity contribution < 1.29 is 33.3 Å². The lowest BCUT2D eigenvalue weighted by atomic mass is 10.0. The molecule has 1 heterocycles. The Labute approximate surface area is 190 Å². The molecular weight excluding hydrogens is 465 g/mol. The van der Waals surface area contributed by atoms with Crippen molar-refractivity contribution >= 4 is 11.3 Å². The van der Waals surface area contributed by atoms with Crippen molar-refractivity contribution in [2.45, 2.75) is 116 Å². The number of halogens is 1. The number of unbranched alkanes of at least 4 members (excludes halogenated alkanes) is 14. The lowest BCUT2D eigenvalue weighted by molar-refractivity contribution is -0.692. The van der Waals surface area contributed by atoms with E-state index >= 15 is 0 Å². The summed E-state index contributed by atoms with van der Waals surface area (Å²) in [4.78, 5) is 0. The van der Waals surface area contributed by atoms with E-state index < -0.39 is 0 Å². The predicted octanol–water partition coefficient (Wildman–Crippen LogP) is 4.32. The van der Waals surface area contributed by atoms with Crippen LogP contribution in [0.15, 0.2) is 17.1 Å². The molecule has 0 spiro atoms. The summed E-state index contributed by atoms with van der Waals surface area (Å²) in [7, 11) is 0. The standard InChI is InChI=1S/C23H44NOS.HI/c1-2-3-4-5-6-7-8-9-10-11-12-13-14-16-20-25-21-17-15-18-24-19-22-26-23-24;/h19,22-23H,2-18,20-21H2,1H3;1H/q+1;/p-1. The van der Waals surface area contributed by atoms with Crippen molar-refractivity contribution in [2.75, 3.05) is 13.2 Å². The molecular formula is C23H44INOS. The highest BCUT2D eigenvalue weighted by Gasteiger charge is 1.99. The molecule has 0 aliphatic rings. The maximum absolute atomic E-state index is 5.75. The van der Waals surface area contributed by atoms with Gasteiger partial charge in [0.05, 0.1) is 5.38 Å². The minimum absolute atomic E-state index is 0. The first-order valence-corrected chi connectivity index (χ1v) is 12.4. The zero-order chi connectivity index (χ0) is 18.5. The molecule has 0 atom stereocenters. The van der Waals surface area contributed by atoms with E-state index in [9.17, 15) is 0 Å². The lowest BCUT2D eigenvalue weighted by Crippen LogP contribution is -3.00. The van der Waals surface area contributed by atoms with Gasteiger partial charge < -0.3 is 28.7 Å². The molecule has 1 aromatic heterocycles. The molecule has 0 bridgehead atoms. The fourth-order valence-electron chi connectivity index (χ4n) is 3.39. The molecule has 0 saturated heterocycles. The SMILES string of the molecule is CCCCCCCCCCCCCCCCOCCCC[n+]1ccsc1.[I-]. The zero-order valence-corrected chi connectivity index (χ0v) is 20.8. The number of rotatable bonds is 20. The molecule has 0 amide bonds. The van der Waals surface area contributed by atoms with Crippen LogP contribution in [0, 0.1) is 0 Å². The molecule has 0 unspecified atom stereocenters. The average molecular weight is 510 g/mol. The molecule has 0 fully saturated rings. The second kappa shape index (κ2) is 22.6. The van der Waals surface area contributed by atoms with Crippen molar-refractivity contribution in [3.8, 4) is 0 Å². The topological polar surface area (TPSA) is 13.1 Å². The molecule has 0 aliphatic carbocycles. The average Bonchev–Trinajstić information content (AvgIpc) is 3.17. The van der Waals surface area contributed by atoms with Gasteiger partial charge in [0.2, 0.25) is 5.51 Å². The Bertz CT molecular complexity index is 372. The molecule has 0 saturated carbocycles. The van der Waals surface area contributed by atoms with Crippen molar-refractivity contribution in [3.05, 3.63) is 17.1 Å². The first-order chi connectivity index (χ1) is 12.9. The number of aromatic nitrogens is 1. The van der Waals surface area contributed by atoms with E-state index in [-0.39, 0.29) is 24.0 Å². The van der Waals surface area contributed by atoms with E-state index in [1.807, 2.05) is 0 Å². The molecule has 27 heavy (non-hydrogen) atoms. The van der Waals surface area contributed by atoms with Gasteiger partial charge in [-0.3, -0.25) is 0 Å². The third-order valence-corrected chi connectivity index (χ3v) is 5.80. The molecule has 1 rings (SSSR count). The zero-order valence-electron chi connectivity index (χ0n) is 17.8. The molecule has 0 N–H and O–H groups in total. The van der Waals surface area contributed by atoms with Crippen LogP contribution < -0.4 is 28.5 Å². The number of nitrogens with zero attached hydrogens (tertiary/aromatic N) is 1. The first-order valence-electron chi connectivity index (χ1n) is 11.4. The minimum Gasteiger partial charge on any atom is -1.00 e. The minimum atomic E-state index is 0. The molecule has 1 aromatic rings. The van der Waals surface area contributed by atoms with Crippen LogP contribution in [0.25, 0.3) is 0 Å². The van der Waals surface area contributed by atoms with E-state index in [1.165, 1.54) is 103 Å². The summed E-state index contributed by atoms with van der Waals surface area (Å²) in [5.41, 5.74) is 2.18. The normalized spacial score (nSPS) is 10.9. The highest BCUT2D eigenvalue weighted by Crippen LogP contribution is 2.12. The van der Waals surface area contributed by atoms with Gasteiger partial charge in [-0.1, -0.05) is 102 Å². The predicted molar refractivity (Wildman–Crippen MR) is 115 cm³/mol. The van der Waals surface area contributed by atoms with Crippen molar-refractivity contribution in [3.63, 3.8) is 0 Å². The Hall–Kier alpha value is 0.320. The maximum Gasteiger partial charge on any atom is 0.224 e. The number of hydrogen-bond acceptors (Lipinski definition) is 2. The van der Waals surface area contributed by atoms with Gasteiger partial charge in [0.25, 0.3) is 0 Å². The molecule has 2 nitrogen and oxygen atoms in total. The van der Waals surface area contributed by atoms with Gasteiger partial charge in [0, 0.05) is 19.6 Å². The van der Waals surface area contributed by atoms with E-state index in [4.69, 9.17) is 4.74 Å². The second-order valence-corrected chi connectivity index (χ2v) is 8.44. The smallest absolute Gasteiger partial charge is 0.224 e. The Balaban J connectivity index is 0.00000676. The number of hydrogen-bond donors (Lipinski definition) is 0. The van der Waals surface area contributed by atoms with Crippen LogP contribution in [0.5, 0.6) is 0 Å². The summed E-state index contributed by atoms with van der Waals surface area (Å²) in [5.74, 6) is 0. The van der Waals surface area contributed by atoms with E-state index in [1.54, 1.807) is 11.3 Å². The van der Waals surface area contributed by atoms with Crippen LogP contribution in [0.4, 0.5) is 0 Å². The summed E-state index contributed by atoms with van der Waals surface area (Å²) in [5, 5.41) is 2.13. The number of thiazole rings is 1. The van der Waals surface area contributed by atoms with Crippen LogP contribution in [-0.2, 0) is 11.3 Å². The largest absolute Gasteiger partial charge is 1.00 e. The highest BCUT2D eigenvalue weighted by molar-refractivity contribution is 7.07. The van der Waals surface area contributed by atoms with Crippen molar-refractivity contribution in [1.82, 2.24) is 0 Å². The van der Waals surface area contributed by atoms with Gasteiger partial charge in [0.15, 0.2) is 6.20 Å². The van der Waals surface area contributed by atoms with E-state index in [0.29, 0.717) is 0 Å². The Morgan fingerprint density at radius 2 is 1.15 bits per heavy atom. The quantitative estimate of drug-likeness (QED) is 0.145. The van der Waals surface area contributed by atoms with Gasteiger partial charge in [-0.25, -0.2) is 0 Å². The highest BCUT2D eigenvalue weighted by atomic mass is 127. The fraction of sp³-hybridized carbons (Fsp3) is 0.870. The maximum atomic E-state index is 5.75. The van der Waals surface area contributed by atoms with Crippen LogP contribution in [0.2, 0.25) is 0 Å². The van der Waals surface area contributed by atoms with E-state index in [0.717, 1.165) is 19.8 Å². The fourth-order valence-corrected chi connectivity index (χ4v) is 4.02. The van der Waals surface area contributed by atoms with Crippen LogP contribution in [-0.4, -0.2) is 13.2 Å². The van der Waals surface area contributed by atoms with Crippen LogP contribution in [0.3, 0.4) is 0 Å². The monoisotopic (exact) mass is 509 g/mol. The third kappa shape index (κ3) is 19.4. The van der Waals surface area contributed by atoms with E-state index in [2.05, 4.69) is 28.6 Å². The summed E-state index contributed by atoms with van der Waals surface area (Å²) < 4.78 is 8.02. The van der Waals surface area contributed by atoms with Crippen LogP contribution in [0.1, 0.15) is 110 Å². The van der Waals surface area contributed by atoms with Crippen LogP contribution >= 0.6 is 11.3 Å². The Morgan fingerprint density at radius 3 is 1.63 bits per heavy atom. The lowest BCUT2D eigenvalue weighted by Gasteiger charge is -2.04. The molecule has 0 radical (unpaired) electrons. The molecule has 0 aromatic carbocycles. The van der Waals surface area contributed by atoms with Gasteiger partial charge in [-0.05, 0) is 12.8 Å². The van der Waals surface area contributed by atoms with Crippen molar-refractivity contribution in [1.29, 1.82) is 0 Å². The van der Waals surface area contributed by atoms with Gasteiger partial charge in [-0.15, -0.1) is 0 Å². The second-order valence-electron chi connectivity index (χ2n) is 7.68. The van der Waals surface area contributed by atoms with Gasteiger partial charge in [-0.2, -0.15) is 4.57 Å².